The van der Waals surface area contributed by atoms with E-state index in [4.69, 9.17) is 14.4 Å². The molecule has 0 bridgehead atoms. The first-order chi connectivity index (χ1) is 15.0. The number of phosphoric acid groups is 1. The third kappa shape index (κ3) is 15.0. The predicted molar refractivity (Wildman–Crippen MR) is 121 cm³/mol. The van der Waals surface area contributed by atoms with Crippen molar-refractivity contribution in [1.82, 2.24) is 0 Å². The molecule has 1 fully saturated rings. The van der Waals surface area contributed by atoms with Crippen molar-refractivity contribution in [3.8, 4) is 0 Å². The van der Waals surface area contributed by atoms with Crippen LogP contribution in [0, 0.1) is 0 Å². The minimum Gasteiger partial charge on any atom is -0.756 e. The number of rotatable bonds is 17. The number of benzene rings is 1. The number of hydrogen-bond donors (Lipinski definition) is 1. The predicted octanol–water partition coefficient (Wildman–Crippen LogP) is 2.31. The second-order valence-corrected chi connectivity index (χ2v) is 9.77. The molecule has 0 spiro atoms. The fraction of sp³-hybridized carbons (Fsp3) is 0.750. The van der Waals surface area contributed by atoms with Crippen LogP contribution in [0.3, 0.4) is 0 Å². The van der Waals surface area contributed by atoms with Gasteiger partial charge in [-0.3, -0.25) is 4.57 Å². The number of aryl methyl sites for hydroxylation is 2. The van der Waals surface area contributed by atoms with Gasteiger partial charge in [0.25, 0.3) is 7.82 Å². The van der Waals surface area contributed by atoms with Gasteiger partial charge in [-0.2, -0.15) is 0 Å². The maximum Gasteiger partial charge on any atom is 1.00 e. The van der Waals surface area contributed by atoms with Gasteiger partial charge in [-0.25, -0.2) is 0 Å². The maximum absolute atomic E-state index is 10.6. The van der Waals surface area contributed by atoms with Crippen LogP contribution in [0.25, 0.3) is 0 Å². The van der Waals surface area contributed by atoms with Crippen LogP contribution in [0.1, 0.15) is 88.7 Å². The summed E-state index contributed by atoms with van der Waals surface area (Å²) in [6, 6.07) is 9.14. The Labute approximate surface area is 236 Å². The van der Waals surface area contributed by atoms with E-state index in [1.165, 1.54) is 68.9 Å². The molecular formula is C24H40KO6P. The smallest absolute Gasteiger partial charge is 0.756 e. The topological polar surface area (TPSA) is 88.1 Å². The summed E-state index contributed by atoms with van der Waals surface area (Å²) in [5.74, 6) is 0. The Morgan fingerprint density at radius 1 is 0.969 bits per heavy atom. The van der Waals surface area contributed by atoms with E-state index in [1.54, 1.807) is 0 Å². The van der Waals surface area contributed by atoms with Crippen LogP contribution in [-0.2, 0) is 31.4 Å². The molecule has 0 aromatic heterocycles. The molecule has 3 atom stereocenters. The fourth-order valence-electron chi connectivity index (χ4n) is 3.90. The molecule has 1 aromatic rings. The second kappa shape index (κ2) is 18.2. The molecule has 0 aliphatic carbocycles. The number of unbranched alkanes of at least 4 members (excludes halogenated alkanes) is 8. The molecule has 6 nitrogen and oxygen atoms in total. The Kier molecular flexibility index (Phi) is 17.6. The second-order valence-electron chi connectivity index (χ2n) is 8.57. The third-order valence-corrected chi connectivity index (χ3v) is 6.21. The van der Waals surface area contributed by atoms with Gasteiger partial charge in [-0.1, -0.05) is 76.1 Å². The van der Waals surface area contributed by atoms with E-state index >= 15 is 0 Å². The van der Waals surface area contributed by atoms with Crippen LogP contribution in [0.15, 0.2) is 24.3 Å². The van der Waals surface area contributed by atoms with Gasteiger partial charge >= 0.3 is 51.4 Å². The fourth-order valence-corrected chi connectivity index (χ4v) is 4.25. The van der Waals surface area contributed by atoms with E-state index < -0.39 is 13.9 Å². The summed E-state index contributed by atoms with van der Waals surface area (Å²) in [5.41, 5.74) is 2.87. The van der Waals surface area contributed by atoms with E-state index in [2.05, 4.69) is 35.7 Å². The van der Waals surface area contributed by atoms with Crippen molar-refractivity contribution in [3.63, 3.8) is 0 Å². The zero-order valence-electron chi connectivity index (χ0n) is 20.0. The maximum atomic E-state index is 10.6. The van der Waals surface area contributed by atoms with E-state index in [0.717, 1.165) is 25.7 Å². The molecule has 0 amide bonds. The van der Waals surface area contributed by atoms with E-state index in [9.17, 15) is 9.46 Å². The van der Waals surface area contributed by atoms with E-state index in [-0.39, 0.29) is 64.3 Å². The molecule has 178 valence electrons. The summed E-state index contributed by atoms with van der Waals surface area (Å²) in [6.07, 6.45) is 14.9. The van der Waals surface area contributed by atoms with Crippen molar-refractivity contribution in [1.29, 1.82) is 0 Å². The van der Waals surface area contributed by atoms with Crippen LogP contribution in [0.4, 0.5) is 0 Å². The zero-order chi connectivity index (χ0) is 22.4. The van der Waals surface area contributed by atoms with Gasteiger partial charge in [0.05, 0.1) is 13.2 Å². The summed E-state index contributed by atoms with van der Waals surface area (Å²) in [4.78, 5) is 19.2. The minimum atomic E-state index is -4.70. The van der Waals surface area contributed by atoms with Crippen molar-refractivity contribution >= 4 is 7.82 Å². The first kappa shape index (κ1) is 30.9. The molecule has 3 unspecified atom stereocenters. The minimum absolute atomic E-state index is 0. The van der Waals surface area contributed by atoms with Crippen LogP contribution in [0.5, 0.6) is 0 Å². The number of phosphoric ester groups is 1. The summed E-state index contributed by atoms with van der Waals surface area (Å²) in [5, 5.41) is 0. The average molecular weight is 495 g/mol. The largest absolute Gasteiger partial charge is 1.00 e. The summed E-state index contributed by atoms with van der Waals surface area (Å²) in [7, 11) is -4.70. The molecule has 1 saturated heterocycles. The van der Waals surface area contributed by atoms with Crippen LogP contribution in [-0.4, -0.2) is 30.5 Å². The molecule has 1 heterocycles. The van der Waals surface area contributed by atoms with E-state index in [1.807, 2.05) is 0 Å². The van der Waals surface area contributed by atoms with Crippen molar-refractivity contribution < 1.29 is 79.7 Å². The first-order valence-electron chi connectivity index (χ1n) is 12.0. The van der Waals surface area contributed by atoms with Crippen LogP contribution in [0.2, 0.25) is 0 Å². The van der Waals surface area contributed by atoms with Crippen molar-refractivity contribution in [2.45, 2.75) is 103 Å². The van der Waals surface area contributed by atoms with Gasteiger partial charge in [0, 0.05) is 0 Å². The molecule has 2 rings (SSSR count). The molecular weight excluding hydrogens is 454 g/mol. The van der Waals surface area contributed by atoms with Crippen LogP contribution < -0.4 is 56.3 Å². The molecule has 1 aliphatic rings. The molecule has 0 saturated carbocycles. The Morgan fingerprint density at radius 3 is 2.06 bits per heavy atom. The quantitative estimate of drug-likeness (QED) is 0.203. The summed E-state index contributed by atoms with van der Waals surface area (Å²) >= 11 is 0. The Balaban J connectivity index is 0.00000512. The molecule has 0 radical (unpaired) electrons. The standard InChI is InChI=1S/C24H41O6P.K/c1-2-3-4-5-6-9-12-21-15-17-22(18-16-21)13-10-7-8-11-14-24-28-19-23(30-24)20-29-31(25,26)27;/h15-18,23-24H,2-14,19-20H2,1H3,(H2,25,26,27);/q;+1/p-1. The van der Waals surface area contributed by atoms with Gasteiger partial charge in [0.2, 0.25) is 0 Å². The molecule has 1 aromatic carbocycles. The first-order valence-corrected chi connectivity index (χ1v) is 13.5. The molecule has 1 N–H and O–H groups in total. The molecule has 1 aliphatic heterocycles. The monoisotopic (exact) mass is 494 g/mol. The van der Waals surface area contributed by atoms with Gasteiger partial charge in [0.15, 0.2) is 6.29 Å². The Bertz CT molecular complexity index is 636. The molecule has 8 heteroatoms. The average Bonchev–Trinajstić information content (AvgIpc) is 3.20. The van der Waals surface area contributed by atoms with Crippen molar-refractivity contribution in [2.75, 3.05) is 13.2 Å². The Morgan fingerprint density at radius 2 is 1.50 bits per heavy atom. The van der Waals surface area contributed by atoms with Gasteiger partial charge in [-0.05, 0) is 49.7 Å². The van der Waals surface area contributed by atoms with Gasteiger partial charge in [-0.15, -0.1) is 0 Å². The van der Waals surface area contributed by atoms with E-state index in [0.29, 0.717) is 6.61 Å². The zero-order valence-corrected chi connectivity index (χ0v) is 24.0. The van der Waals surface area contributed by atoms with Gasteiger partial charge in [0.1, 0.15) is 6.10 Å². The normalized spacial score (nSPS) is 20.1. The van der Waals surface area contributed by atoms with Crippen molar-refractivity contribution in [3.05, 3.63) is 35.4 Å². The third-order valence-electron chi connectivity index (χ3n) is 5.73. The Hall–Kier alpha value is 0.886. The SMILES string of the molecule is CCCCCCCCc1ccc(CCCCCCC2OCC(COP(=O)([O-])O)O2)cc1.[K+]. The van der Waals surface area contributed by atoms with Crippen LogP contribution >= 0.6 is 7.82 Å². The summed E-state index contributed by atoms with van der Waals surface area (Å²) in [6.45, 7) is 2.35. The number of ether oxygens (including phenoxy) is 2. The molecule has 32 heavy (non-hydrogen) atoms. The number of hydrogen-bond acceptors (Lipinski definition) is 5. The van der Waals surface area contributed by atoms with Crippen molar-refractivity contribution in [2.24, 2.45) is 0 Å². The van der Waals surface area contributed by atoms with Gasteiger partial charge < -0.3 is 23.8 Å². The summed E-state index contributed by atoms with van der Waals surface area (Å²) < 4.78 is 26.0.